The van der Waals surface area contributed by atoms with Crippen LogP contribution < -0.4 is 15.0 Å². The molecule has 0 radical (unpaired) electrons. The van der Waals surface area contributed by atoms with E-state index < -0.39 is 0 Å². The number of benzene rings is 2. The lowest BCUT2D eigenvalue weighted by Gasteiger charge is -2.36. The first kappa shape index (κ1) is 18.2. The smallest absolute Gasteiger partial charge is 0.317 e. The number of piperazine rings is 1. The molecule has 1 aliphatic heterocycles. The van der Waals surface area contributed by atoms with Crippen LogP contribution in [0.3, 0.4) is 0 Å². The van der Waals surface area contributed by atoms with Crippen molar-refractivity contribution in [3.8, 4) is 5.75 Å². The Kier molecular flexibility index (Phi) is 5.37. The van der Waals surface area contributed by atoms with Crippen LogP contribution in [-0.4, -0.2) is 55.7 Å². The number of carbonyl (C=O) groups is 1. The number of carbonyl (C=O) groups excluding carboxylic acids is 1. The summed E-state index contributed by atoms with van der Waals surface area (Å²) in [4.78, 5) is 20.0. The van der Waals surface area contributed by atoms with Gasteiger partial charge >= 0.3 is 6.03 Å². The van der Waals surface area contributed by atoms with Gasteiger partial charge in [0.25, 0.3) is 0 Å². The van der Waals surface area contributed by atoms with E-state index in [4.69, 9.17) is 4.74 Å². The number of ether oxygens (including phenoxy) is 1. The largest absolute Gasteiger partial charge is 0.497 e. The number of hydrogen-bond acceptors (Lipinski definition) is 3. The number of rotatable bonds is 5. The zero-order valence-corrected chi connectivity index (χ0v) is 16.1. The Hall–Kier alpha value is -3.15. The SMILES string of the molecule is COc1ccc(N2CCN(C(=O)NCCc3c[nH]c4ccccc34)CC2)cc1. The van der Waals surface area contributed by atoms with Crippen molar-refractivity contribution in [3.05, 3.63) is 60.3 Å². The Balaban J connectivity index is 1.25. The maximum Gasteiger partial charge on any atom is 0.317 e. The molecule has 0 saturated carbocycles. The summed E-state index contributed by atoms with van der Waals surface area (Å²) >= 11 is 0. The fourth-order valence-corrected chi connectivity index (χ4v) is 3.72. The van der Waals surface area contributed by atoms with Crippen molar-refractivity contribution in [2.24, 2.45) is 0 Å². The molecule has 4 rings (SSSR count). The minimum Gasteiger partial charge on any atom is -0.497 e. The average Bonchev–Trinajstić information content (AvgIpc) is 3.17. The maximum atomic E-state index is 12.5. The number of aromatic amines is 1. The van der Waals surface area contributed by atoms with Crippen molar-refractivity contribution in [1.82, 2.24) is 15.2 Å². The lowest BCUT2D eigenvalue weighted by Crippen LogP contribution is -2.52. The van der Waals surface area contributed by atoms with Gasteiger partial charge < -0.3 is 24.8 Å². The van der Waals surface area contributed by atoms with E-state index in [1.54, 1.807) is 7.11 Å². The summed E-state index contributed by atoms with van der Waals surface area (Å²) in [6.45, 7) is 3.76. The predicted molar refractivity (Wildman–Crippen MR) is 112 cm³/mol. The molecular formula is C22H26N4O2. The molecule has 0 unspecified atom stereocenters. The highest BCUT2D eigenvalue weighted by Gasteiger charge is 2.21. The van der Waals surface area contributed by atoms with Gasteiger partial charge in [0.2, 0.25) is 0 Å². The molecule has 1 fully saturated rings. The molecule has 6 heteroatoms. The van der Waals surface area contributed by atoms with Crippen LogP contribution in [0.2, 0.25) is 0 Å². The van der Waals surface area contributed by atoms with Crippen molar-refractivity contribution in [2.75, 3.05) is 44.7 Å². The molecule has 1 aromatic heterocycles. The number of nitrogens with one attached hydrogen (secondary N) is 2. The van der Waals surface area contributed by atoms with Gasteiger partial charge in [0.1, 0.15) is 5.75 Å². The minimum atomic E-state index is 0.0224. The molecule has 1 aliphatic rings. The molecule has 28 heavy (non-hydrogen) atoms. The Morgan fingerprint density at radius 3 is 2.57 bits per heavy atom. The lowest BCUT2D eigenvalue weighted by molar-refractivity contribution is 0.194. The minimum absolute atomic E-state index is 0.0224. The standard InChI is InChI=1S/C22H26N4O2/c1-28-19-8-6-18(7-9-19)25-12-14-26(15-13-25)22(27)23-11-10-17-16-24-21-5-3-2-4-20(17)21/h2-9,16,24H,10-15H2,1H3,(H,23,27). The van der Waals surface area contributed by atoms with Crippen LogP contribution in [0.1, 0.15) is 5.56 Å². The summed E-state index contributed by atoms with van der Waals surface area (Å²) in [6.07, 6.45) is 2.85. The van der Waals surface area contributed by atoms with Gasteiger partial charge in [-0.05, 0) is 42.3 Å². The Labute approximate surface area is 165 Å². The number of fused-ring (bicyclic) bond motifs is 1. The molecule has 0 atom stereocenters. The van der Waals surface area contributed by atoms with E-state index in [0.29, 0.717) is 6.54 Å². The van der Waals surface area contributed by atoms with Crippen LogP contribution in [0.15, 0.2) is 54.7 Å². The molecule has 2 aromatic carbocycles. The van der Waals surface area contributed by atoms with Gasteiger partial charge in [-0.1, -0.05) is 18.2 Å². The third-order valence-corrected chi connectivity index (χ3v) is 5.35. The normalized spacial score (nSPS) is 14.3. The van der Waals surface area contributed by atoms with Gasteiger partial charge in [0.05, 0.1) is 7.11 Å². The molecule has 2 heterocycles. The highest BCUT2D eigenvalue weighted by Crippen LogP contribution is 2.21. The predicted octanol–water partition coefficient (Wildman–Crippen LogP) is 3.25. The summed E-state index contributed by atoms with van der Waals surface area (Å²) in [5.41, 5.74) is 3.54. The van der Waals surface area contributed by atoms with E-state index >= 15 is 0 Å². The second kappa shape index (κ2) is 8.25. The van der Waals surface area contributed by atoms with E-state index in [2.05, 4.69) is 39.5 Å². The molecule has 3 aromatic rings. The molecule has 0 bridgehead atoms. The number of amides is 2. The van der Waals surface area contributed by atoms with Gasteiger partial charge in [0, 0.05) is 55.5 Å². The van der Waals surface area contributed by atoms with Crippen LogP contribution in [0.5, 0.6) is 5.75 Å². The Morgan fingerprint density at radius 1 is 1.07 bits per heavy atom. The van der Waals surface area contributed by atoms with Gasteiger partial charge in [-0.15, -0.1) is 0 Å². The molecule has 2 amide bonds. The second-order valence-corrected chi connectivity index (χ2v) is 7.01. The fourth-order valence-electron chi connectivity index (χ4n) is 3.72. The monoisotopic (exact) mass is 378 g/mol. The number of hydrogen-bond donors (Lipinski definition) is 2. The van der Waals surface area contributed by atoms with Crippen molar-refractivity contribution < 1.29 is 9.53 Å². The maximum absolute atomic E-state index is 12.5. The Bertz CT molecular complexity index is 927. The number of H-pyrrole nitrogens is 1. The summed E-state index contributed by atoms with van der Waals surface area (Å²) in [5.74, 6) is 0.858. The molecule has 0 aliphatic carbocycles. The third-order valence-electron chi connectivity index (χ3n) is 5.35. The Morgan fingerprint density at radius 2 is 1.82 bits per heavy atom. The first-order valence-electron chi connectivity index (χ1n) is 9.71. The van der Waals surface area contributed by atoms with E-state index in [1.807, 2.05) is 35.4 Å². The fraction of sp³-hybridized carbons (Fsp3) is 0.318. The number of nitrogens with zero attached hydrogens (tertiary/aromatic N) is 2. The molecule has 6 nitrogen and oxygen atoms in total. The van der Waals surface area contributed by atoms with Crippen LogP contribution in [0.4, 0.5) is 10.5 Å². The topological polar surface area (TPSA) is 60.6 Å². The summed E-state index contributed by atoms with van der Waals surface area (Å²) in [6, 6.07) is 16.3. The van der Waals surface area contributed by atoms with Crippen LogP contribution in [0.25, 0.3) is 10.9 Å². The lowest BCUT2D eigenvalue weighted by atomic mass is 10.1. The van der Waals surface area contributed by atoms with Crippen molar-refractivity contribution in [2.45, 2.75) is 6.42 Å². The average molecular weight is 378 g/mol. The first-order chi connectivity index (χ1) is 13.7. The van der Waals surface area contributed by atoms with Crippen molar-refractivity contribution >= 4 is 22.6 Å². The number of methoxy groups -OCH3 is 1. The zero-order chi connectivity index (χ0) is 19.3. The second-order valence-electron chi connectivity index (χ2n) is 7.01. The van der Waals surface area contributed by atoms with E-state index in [1.165, 1.54) is 16.6 Å². The van der Waals surface area contributed by atoms with Gasteiger partial charge in [-0.2, -0.15) is 0 Å². The van der Waals surface area contributed by atoms with Crippen molar-refractivity contribution in [3.63, 3.8) is 0 Å². The van der Waals surface area contributed by atoms with E-state index in [9.17, 15) is 4.79 Å². The first-order valence-corrected chi connectivity index (χ1v) is 9.71. The zero-order valence-electron chi connectivity index (χ0n) is 16.1. The van der Waals surface area contributed by atoms with Gasteiger partial charge in [-0.3, -0.25) is 0 Å². The molecular weight excluding hydrogens is 352 g/mol. The highest BCUT2D eigenvalue weighted by molar-refractivity contribution is 5.83. The third kappa shape index (κ3) is 3.91. The van der Waals surface area contributed by atoms with Crippen LogP contribution >= 0.6 is 0 Å². The molecule has 146 valence electrons. The summed E-state index contributed by atoms with van der Waals surface area (Å²) < 4.78 is 5.21. The van der Waals surface area contributed by atoms with Gasteiger partial charge in [0.15, 0.2) is 0 Å². The molecule has 2 N–H and O–H groups in total. The van der Waals surface area contributed by atoms with Gasteiger partial charge in [-0.25, -0.2) is 4.79 Å². The van der Waals surface area contributed by atoms with E-state index in [0.717, 1.165) is 43.9 Å². The van der Waals surface area contributed by atoms with E-state index in [-0.39, 0.29) is 6.03 Å². The van der Waals surface area contributed by atoms with Crippen molar-refractivity contribution in [1.29, 1.82) is 0 Å². The van der Waals surface area contributed by atoms with Crippen LogP contribution in [0, 0.1) is 0 Å². The molecule has 0 spiro atoms. The number of urea groups is 1. The quantitative estimate of drug-likeness (QED) is 0.716. The summed E-state index contributed by atoms with van der Waals surface area (Å²) in [5, 5.41) is 4.29. The number of aromatic nitrogens is 1. The number of anilines is 1. The summed E-state index contributed by atoms with van der Waals surface area (Å²) in [7, 11) is 1.67. The molecule has 1 saturated heterocycles. The highest BCUT2D eigenvalue weighted by atomic mass is 16.5. The van der Waals surface area contributed by atoms with Crippen LogP contribution in [-0.2, 0) is 6.42 Å². The number of para-hydroxylation sites is 1.